The summed E-state index contributed by atoms with van der Waals surface area (Å²) in [6, 6.07) is 8.07. The Morgan fingerprint density at radius 3 is 2.70 bits per heavy atom. The fraction of sp³-hybridized carbons (Fsp3) is 0.500. The number of halogens is 1. The van der Waals surface area contributed by atoms with Crippen LogP contribution in [-0.2, 0) is 0 Å². The van der Waals surface area contributed by atoms with Crippen LogP contribution in [0.3, 0.4) is 0 Å². The van der Waals surface area contributed by atoms with Crippen molar-refractivity contribution >= 4 is 34.3 Å². The van der Waals surface area contributed by atoms with Gasteiger partial charge in [-0.05, 0) is 30.8 Å². The van der Waals surface area contributed by atoms with Gasteiger partial charge in [0.1, 0.15) is 11.3 Å². The van der Waals surface area contributed by atoms with Gasteiger partial charge in [-0.3, -0.25) is 0 Å². The van der Waals surface area contributed by atoms with E-state index in [9.17, 15) is 0 Å². The van der Waals surface area contributed by atoms with Crippen molar-refractivity contribution in [3.63, 3.8) is 0 Å². The van der Waals surface area contributed by atoms with Crippen LogP contribution in [0.4, 0.5) is 0 Å². The molecule has 0 aliphatic rings. The zero-order chi connectivity index (χ0) is 14.8. The van der Waals surface area contributed by atoms with Gasteiger partial charge in [-0.1, -0.05) is 39.3 Å². The minimum absolute atomic E-state index is 0.232. The molecule has 0 spiro atoms. The first-order valence-corrected chi connectivity index (χ1v) is 8.32. The standard InChI is InChI=1S/C16H22ClNOS/c1-5-18-13(10-20-16(2,3)4)15-9-11-8-12(17)6-7-14(11)19-15/h6-9,13,18H,5,10H2,1-4H3. The van der Waals surface area contributed by atoms with E-state index in [0.29, 0.717) is 0 Å². The predicted molar refractivity (Wildman–Crippen MR) is 89.9 cm³/mol. The molecule has 0 saturated heterocycles. The summed E-state index contributed by atoms with van der Waals surface area (Å²) in [5.74, 6) is 1.98. The molecule has 4 heteroatoms. The van der Waals surface area contributed by atoms with Crippen LogP contribution in [0, 0.1) is 0 Å². The number of furan rings is 1. The lowest BCUT2D eigenvalue weighted by molar-refractivity contribution is 0.463. The van der Waals surface area contributed by atoms with Gasteiger partial charge in [0, 0.05) is 20.9 Å². The highest BCUT2D eigenvalue weighted by Gasteiger charge is 2.19. The second-order valence-electron chi connectivity index (χ2n) is 5.86. The SMILES string of the molecule is CCNC(CSC(C)(C)C)c1cc2cc(Cl)ccc2o1. The van der Waals surface area contributed by atoms with E-state index in [1.54, 1.807) is 0 Å². The Balaban J connectivity index is 2.22. The van der Waals surface area contributed by atoms with Crippen molar-refractivity contribution in [2.24, 2.45) is 0 Å². The topological polar surface area (TPSA) is 25.2 Å². The van der Waals surface area contributed by atoms with Crippen LogP contribution in [0.5, 0.6) is 0 Å². The first kappa shape index (κ1) is 15.7. The molecule has 0 saturated carbocycles. The number of hydrogen-bond donors (Lipinski definition) is 1. The number of fused-ring (bicyclic) bond motifs is 1. The summed E-state index contributed by atoms with van der Waals surface area (Å²) >= 11 is 7.97. The lowest BCUT2D eigenvalue weighted by atomic mass is 10.2. The average Bonchev–Trinajstić information content (AvgIpc) is 2.75. The third-order valence-corrected chi connectivity index (χ3v) is 4.58. The quantitative estimate of drug-likeness (QED) is 0.814. The minimum Gasteiger partial charge on any atom is -0.459 e. The van der Waals surface area contributed by atoms with E-state index in [4.69, 9.17) is 16.0 Å². The van der Waals surface area contributed by atoms with Gasteiger partial charge >= 0.3 is 0 Å². The summed E-state index contributed by atoms with van der Waals surface area (Å²) in [4.78, 5) is 0. The van der Waals surface area contributed by atoms with Gasteiger partial charge in [-0.2, -0.15) is 11.8 Å². The van der Waals surface area contributed by atoms with Crippen LogP contribution in [0.1, 0.15) is 39.5 Å². The van der Waals surface area contributed by atoms with E-state index in [1.807, 2.05) is 30.0 Å². The number of hydrogen-bond acceptors (Lipinski definition) is 3. The van der Waals surface area contributed by atoms with Crippen LogP contribution in [0.25, 0.3) is 11.0 Å². The number of thioether (sulfide) groups is 1. The van der Waals surface area contributed by atoms with Crippen molar-refractivity contribution in [3.05, 3.63) is 35.0 Å². The molecule has 2 nitrogen and oxygen atoms in total. The lowest BCUT2D eigenvalue weighted by Gasteiger charge is -2.22. The van der Waals surface area contributed by atoms with Crippen LogP contribution in [0.2, 0.25) is 5.02 Å². The molecule has 110 valence electrons. The first-order valence-electron chi connectivity index (χ1n) is 6.95. The molecule has 0 radical (unpaired) electrons. The maximum Gasteiger partial charge on any atom is 0.134 e. The first-order chi connectivity index (χ1) is 9.39. The third-order valence-electron chi connectivity index (χ3n) is 2.97. The van der Waals surface area contributed by atoms with Crippen LogP contribution in [0.15, 0.2) is 28.7 Å². The fourth-order valence-electron chi connectivity index (χ4n) is 2.03. The van der Waals surface area contributed by atoms with E-state index in [1.165, 1.54) is 0 Å². The highest BCUT2D eigenvalue weighted by Crippen LogP contribution is 2.31. The van der Waals surface area contributed by atoms with Gasteiger partial charge in [0.05, 0.1) is 6.04 Å². The zero-order valence-corrected chi connectivity index (χ0v) is 14.1. The summed E-state index contributed by atoms with van der Waals surface area (Å²) < 4.78 is 6.22. The molecule has 0 aliphatic carbocycles. The Kier molecular flexibility index (Phi) is 5.05. The van der Waals surface area contributed by atoms with Gasteiger partial charge in [-0.15, -0.1) is 0 Å². The molecule has 2 rings (SSSR count). The Labute approximate surface area is 130 Å². The van der Waals surface area contributed by atoms with Gasteiger partial charge in [0.15, 0.2) is 0 Å². The predicted octanol–water partition coefficient (Wildman–Crippen LogP) is 5.27. The third kappa shape index (κ3) is 4.18. The van der Waals surface area contributed by atoms with Crippen molar-refractivity contribution in [1.82, 2.24) is 5.32 Å². The molecule has 0 bridgehead atoms. The zero-order valence-electron chi connectivity index (χ0n) is 12.5. The molecule has 0 fully saturated rings. The molecule has 2 aromatic rings. The molecule has 1 aromatic heterocycles. The molecule has 1 aromatic carbocycles. The van der Waals surface area contributed by atoms with Crippen molar-refractivity contribution in [1.29, 1.82) is 0 Å². The number of benzene rings is 1. The maximum absolute atomic E-state index is 6.03. The number of nitrogens with one attached hydrogen (secondary N) is 1. The molecular formula is C16H22ClNOS. The minimum atomic E-state index is 0.232. The second kappa shape index (κ2) is 6.42. The van der Waals surface area contributed by atoms with E-state index in [-0.39, 0.29) is 10.8 Å². The van der Waals surface area contributed by atoms with Gasteiger partial charge in [0.2, 0.25) is 0 Å². The normalized spacial score (nSPS) is 13.8. The largest absolute Gasteiger partial charge is 0.459 e. The van der Waals surface area contributed by atoms with Crippen molar-refractivity contribution < 1.29 is 4.42 Å². The molecule has 1 unspecified atom stereocenters. The monoisotopic (exact) mass is 311 g/mol. The molecule has 20 heavy (non-hydrogen) atoms. The highest BCUT2D eigenvalue weighted by molar-refractivity contribution is 8.00. The number of rotatable bonds is 5. The molecule has 1 N–H and O–H groups in total. The van der Waals surface area contributed by atoms with Crippen LogP contribution < -0.4 is 5.32 Å². The molecular weight excluding hydrogens is 290 g/mol. The smallest absolute Gasteiger partial charge is 0.134 e. The summed E-state index contributed by atoms with van der Waals surface area (Å²) in [5.41, 5.74) is 0.896. The van der Waals surface area contributed by atoms with Crippen molar-refractivity contribution in [2.45, 2.75) is 38.5 Å². The Hall–Kier alpha value is -0.640. The summed E-state index contributed by atoms with van der Waals surface area (Å²) in [6.45, 7) is 9.75. The molecule has 0 aliphatic heterocycles. The van der Waals surface area contributed by atoms with E-state index in [2.05, 4.69) is 39.1 Å². The van der Waals surface area contributed by atoms with Gasteiger partial charge < -0.3 is 9.73 Å². The Morgan fingerprint density at radius 2 is 2.05 bits per heavy atom. The van der Waals surface area contributed by atoms with Crippen LogP contribution >= 0.6 is 23.4 Å². The summed E-state index contributed by atoms with van der Waals surface area (Å²) in [7, 11) is 0. The highest BCUT2D eigenvalue weighted by atomic mass is 35.5. The average molecular weight is 312 g/mol. The van der Waals surface area contributed by atoms with Gasteiger partial charge in [0.25, 0.3) is 0 Å². The van der Waals surface area contributed by atoms with Gasteiger partial charge in [-0.25, -0.2) is 0 Å². The second-order valence-corrected chi connectivity index (χ2v) is 8.15. The maximum atomic E-state index is 6.03. The molecule has 1 heterocycles. The van der Waals surface area contributed by atoms with E-state index in [0.717, 1.165) is 34.0 Å². The Bertz CT molecular complexity index is 573. The molecule has 0 amide bonds. The van der Waals surface area contributed by atoms with E-state index < -0.39 is 0 Å². The summed E-state index contributed by atoms with van der Waals surface area (Å²) in [6.07, 6.45) is 0. The molecule has 1 atom stereocenters. The van der Waals surface area contributed by atoms with Crippen molar-refractivity contribution in [2.75, 3.05) is 12.3 Å². The Morgan fingerprint density at radius 1 is 1.30 bits per heavy atom. The van der Waals surface area contributed by atoms with Crippen molar-refractivity contribution in [3.8, 4) is 0 Å². The van der Waals surface area contributed by atoms with E-state index >= 15 is 0 Å². The summed E-state index contributed by atoms with van der Waals surface area (Å²) in [5, 5.41) is 5.31. The lowest BCUT2D eigenvalue weighted by Crippen LogP contribution is -2.24. The van der Waals surface area contributed by atoms with Crippen LogP contribution in [-0.4, -0.2) is 17.0 Å². The fourth-order valence-corrected chi connectivity index (χ4v) is 3.16.